The Hall–Kier alpha value is -2.51. The van der Waals surface area contributed by atoms with E-state index in [-0.39, 0.29) is 5.92 Å². The fourth-order valence-electron chi connectivity index (χ4n) is 2.53. The summed E-state index contributed by atoms with van der Waals surface area (Å²) >= 11 is 0. The Morgan fingerprint density at radius 2 is 1.95 bits per heavy atom. The third-order valence-corrected chi connectivity index (χ3v) is 3.70. The van der Waals surface area contributed by atoms with Crippen LogP contribution in [0, 0.1) is 11.3 Å². The first-order valence-corrected chi connectivity index (χ1v) is 7.12. The maximum Gasteiger partial charge on any atom is 0.122 e. The van der Waals surface area contributed by atoms with Crippen LogP contribution in [0.5, 0.6) is 11.5 Å². The molecule has 0 aliphatic carbocycles. The van der Waals surface area contributed by atoms with Crippen molar-refractivity contribution in [1.82, 2.24) is 0 Å². The van der Waals surface area contributed by atoms with Gasteiger partial charge in [0.15, 0.2) is 0 Å². The van der Waals surface area contributed by atoms with Crippen molar-refractivity contribution in [3.63, 3.8) is 0 Å². The second-order valence-corrected chi connectivity index (χ2v) is 5.06. The summed E-state index contributed by atoms with van der Waals surface area (Å²) in [5.74, 6) is 1.67. The van der Waals surface area contributed by atoms with Crippen molar-refractivity contribution in [3.05, 3.63) is 59.2 Å². The molecule has 1 atom stereocenters. The Kier molecular flexibility index (Phi) is 5.40. The van der Waals surface area contributed by atoms with Crippen LogP contribution in [0.3, 0.4) is 0 Å². The zero-order chi connectivity index (χ0) is 15.9. The highest BCUT2D eigenvalue weighted by Crippen LogP contribution is 2.32. The van der Waals surface area contributed by atoms with Crippen LogP contribution in [-0.2, 0) is 6.42 Å². The summed E-state index contributed by atoms with van der Waals surface area (Å²) in [7, 11) is 3.29. The van der Waals surface area contributed by atoms with Crippen molar-refractivity contribution < 1.29 is 9.47 Å². The van der Waals surface area contributed by atoms with E-state index in [9.17, 15) is 0 Å². The van der Waals surface area contributed by atoms with Crippen molar-refractivity contribution in [1.29, 1.82) is 5.26 Å². The summed E-state index contributed by atoms with van der Waals surface area (Å²) in [5.41, 5.74) is 8.74. The lowest BCUT2D eigenvalue weighted by Crippen LogP contribution is -2.16. The number of nitrogens with zero attached hydrogens (tertiary/aromatic N) is 1. The largest absolute Gasteiger partial charge is 0.497 e. The number of nitrogens with two attached hydrogens (primary N) is 1. The van der Waals surface area contributed by atoms with E-state index in [2.05, 4.69) is 6.07 Å². The first-order chi connectivity index (χ1) is 10.7. The fourth-order valence-corrected chi connectivity index (χ4v) is 2.53. The van der Waals surface area contributed by atoms with Crippen molar-refractivity contribution in [2.24, 2.45) is 5.73 Å². The van der Waals surface area contributed by atoms with E-state index in [4.69, 9.17) is 20.5 Å². The van der Waals surface area contributed by atoms with Crippen LogP contribution in [0.25, 0.3) is 0 Å². The Morgan fingerprint density at radius 3 is 2.59 bits per heavy atom. The lowest BCUT2D eigenvalue weighted by molar-refractivity contribution is 0.395. The van der Waals surface area contributed by atoms with Crippen LogP contribution in [0.4, 0.5) is 0 Å². The molecule has 2 aromatic rings. The summed E-state index contributed by atoms with van der Waals surface area (Å²) in [6.45, 7) is 0.486. The summed E-state index contributed by atoms with van der Waals surface area (Å²) in [5, 5.41) is 9.01. The Labute approximate surface area is 131 Å². The average molecular weight is 296 g/mol. The minimum absolute atomic E-state index is 0.0963. The lowest BCUT2D eigenvalue weighted by atomic mass is 9.90. The zero-order valence-electron chi connectivity index (χ0n) is 12.9. The molecule has 22 heavy (non-hydrogen) atoms. The van der Waals surface area contributed by atoms with Crippen LogP contribution in [0.2, 0.25) is 0 Å². The number of benzene rings is 2. The number of rotatable bonds is 6. The molecule has 0 aromatic heterocycles. The highest BCUT2D eigenvalue weighted by molar-refractivity contribution is 5.44. The van der Waals surface area contributed by atoms with Crippen LogP contribution in [-0.4, -0.2) is 20.8 Å². The quantitative estimate of drug-likeness (QED) is 0.890. The molecule has 1 unspecified atom stereocenters. The van der Waals surface area contributed by atoms with Crippen LogP contribution >= 0.6 is 0 Å². The molecule has 0 aliphatic heterocycles. The number of hydrogen-bond acceptors (Lipinski definition) is 4. The van der Waals surface area contributed by atoms with Gasteiger partial charge in [0.05, 0.1) is 25.9 Å². The smallest absolute Gasteiger partial charge is 0.122 e. The van der Waals surface area contributed by atoms with Gasteiger partial charge >= 0.3 is 0 Å². The van der Waals surface area contributed by atoms with Gasteiger partial charge in [-0.15, -0.1) is 0 Å². The first kappa shape index (κ1) is 15.9. The van der Waals surface area contributed by atoms with Gasteiger partial charge in [-0.25, -0.2) is 0 Å². The molecule has 0 saturated heterocycles. The molecular weight excluding hydrogens is 276 g/mol. The van der Waals surface area contributed by atoms with E-state index in [0.717, 1.165) is 29.0 Å². The highest BCUT2D eigenvalue weighted by Gasteiger charge is 2.17. The molecule has 2 rings (SSSR count). The number of ether oxygens (including phenoxy) is 2. The first-order valence-electron chi connectivity index (χ1n) is 7.12. The standard InChI is InChI=1S/C18H20N2O2/c1-21-16-6-7-18(22-2)17(10-16)15(12-20)9-13-4-3-5-14(8-13)11-19/h3-8,10,15H,9,12,20H2,1-2H3. The van der Waals surface area contributed by atoms with Gasteiger partial charge in [0.1, 0.15) is 11.5 Å². The molecule has 114 valence electrons. The molecule has 0 bridgehead atoms. The van der Waals surface area contributed by atoms with E-state index in [0.29, 0.717) is 12.1 Å². The average Bonchev–Trinajstić information content (AvgIpc) is 2.59. The van der Waals surface area contributed by atoms with Gasteiger partial charge in [-0.05, 0) is 48.9 Å². The molecule has 0 aliphatic rings. The predicted octanol–water partition coefficient (Wildman–Crippen LogP) is 2.86. The van der Waals surface area contributed by atoms with E-state index in [1.807, 2.05) is 36.4 Å². The van der Waals surface area contributed by atoms with Gasteiger partial charge in [-0.3, -0.25) is 0 Å². The highest BCUT2D eigenvalue weighted by atomic mass is 16.5. The summed E-state index contributed by atoms with van der Waals surface area (Å²) in [4.78, 5) is 0. The minimum Gasteiger partial charge on any atom is -0.497 e. The van der Waals surface area contributed by atoms with Crippen molar-refractivity contribution in [2.75, 3.05) is 20.8 Å². The van der Waals surface area contributed by atoms with Gasteiger partial charge in [0.25, 0.3) is 0 Å². The van der Waals surface area contributed by atoms with Crippen molar-refractivity contribution >= 4 is 0 Å². The summed E-state index contributed by atoms with van der Waals surface area (Å²) in [6.07, 6.45) is 0.746. The number of nitriles is 1. The molecule has 2 aromatic carbocycles. The van der Waals surface area contributed by atoms with Crippen molar-refractivity contribution in [3.8, 4) is 17.6 Å². The second-order valence-electron chi connectivity index (χ2n) is 5.06. The Balaban J connectivity index is 2.33. The van der Waals surface area contributed by atoms with E-state index in [1.54, 1.807) is 20.3 Å². The van der Waals surface area contributed by atoms with E-state index in [1.165, 1.54) is 0 Å². The molecule has 0 amide bonds. The topological polar surface area (TPSA) is 68.3 Å². The van der Waals surface area contributed by atoms with Crippen molar-refractivity contribution in [2.45, 2.75) is 12.3 Å². The molecule has 0 fully saturated rings. The molecule has 0 saturated carbocycles. The fraction of sp³-hybridized carbons (Fsp3) is 0.278. The summed E-state index contributed by atoms with van der Waals surface area (Å²) in [6, 6.07) is 15.5. The van der Waals surface area contributed by atoms with Gasteiger partial charge < -0.3 is 15.2 Å². The Bertz CT molecular complexity index is 677. The molecule has 0 spiro atoms. The van der Waals surface area contributed by atoms with Gasteiger partial charge in [-0.2, -0.15) is 5.26 Å². The molecule has 0 radical (unpaired) electrons. The SMILES string of the molecule is COc1ccc(OC)c(C(CN)Cc2cccc(C#N)c2)c1. The van der Waals surface area contributed by atoms with Crippen LogP contribution < -0.4 is 15.2 Å². The molecule has 4 nitrogen and oxygen atoms in total. The second kappa shape index (κ2) is 7.48. The van der Waals surface area contributed by atoms with Crippen LogP contribution in [0.1, 0.15) is 22.6 Å². The predicted molar refractivity (Wildman–Crippen MR) is 86.2 cm³/mol. The number of hydrogen-bond donors (Lipinski definition) is 1. The summed E-state index contributed by atoms with van der Waals surface area (Å²) < 4.78 is 10.7. The van der Waals surface area contributed by atoms with Gasteiger partial charge in [0.2, 0.25) is 0 Å². The van der Waals surface area contributed by atoms with E-state index >= 15 is 0 Å². The molecular formula is C18H20N2O2. The molecule has 2 N–H and O–H groups in total. The van der Waals surface area contributed by atoms with Gasteiger partial charge in [0, 0.05) is 11.5 Å². The maximum absolute atomic E-state index is 9.01. The number of methoxy groups -OCH3 is 2. The zero-order valence-corrected chi connectivity index (χ0v) is 12.9. The van der Waals surface area contributed by atoms with E-state index < -0.39 is 0 Å². The monoisotopic (exact) mass is 296 g/mol. The minimum atomic E-state index is 0.0963. The Morgan fingerprint density at radius 1 is 1.14 bits per heavy atom. The third-order valence-electron chi connectivity index (χ3n) is 3.70. The molecule has 0 heterocycles. The third kappa shape index (κ3) is 3.57. The van der Waals surface area contributed by atoms with Crippen LogP contribution in [0.15, 0.2) is 42.5 Å². The molecule has 4 heteroatoms. The lowest BCUT2D eigenvalue weighted by Gasteiger charge is -2.19. The normalized spacial score (nSPS) is 11.5. The maximum atomic E-state index is 9.01. The van der Waals surface area contributed by atoms with Gasteiger partial charge in [-0.1, -0.05) is 12.1 Å².